The van der Waals surface area contributed by atoms with E-state index in [9.17, 15) is 0 Å². The molecule has 1 unspecified atom stereocenters. The van der Waals surface area contributed by atoms with Gasteiger partial charge in [-0.2, -0.15) is 0 Å². The summed E-state index contributed by atoms with van der Waals surface area (Å²) in [6.45, 7) is 21.2. The van der Waals surface area contributed by atoms with Crippen molar-refractivity contribution in [1.29, 1.82) is 0 Å². The Kier molecular flexibility index (Phi) is 8.11. The zero-order chi connectivity index (χ0) is 31.4. The van der Waals surface area contributed by atoms with Gasteiger partial charge in [-0.05, 0) is 0 Å². The molecule has 0 heterocycles. The van der Waals surface area contributed by atoms with E-state index in [1.807, 2.05) is 0 Å². The summed E-state index contributed by atoms with van der Waals surface area (Å²) in [6, 6.07) is 37.6. The summed E-state index contributed by atoms with van der Waals surface area (Å²) in [6.07, 6.45) is 7.72. The van der Waals surface area contributed by atoms with Gasteiger partial charge in [-0.1, -0.05) is 0 Å². The van der Waals surface area contributed by atoms with Gasteiger partial charge in [-0.25, -0.2) is 0 Å². The predicted octanol–water partition coefficient (Wildman–Crippen LogP) is 11.6. The molecular formula is C43H48Hf. The van der Waals surface area contributed by atoms with Crippen LogP contribution in [-0.4, -0.2) is 3.26 Å². The van der Waals surface area contributed by atoms with Crippen LogP contribution in [0.3, 0.4) is 0 Å². The molecule has 0 fully saturated rings. The van der Waals surface area contributed by atoms with Crippen molar-refractivity contribution in [2.45, 2.75) is 80.5 Å². The van der Waals surface area contributed by atoms with Gasteiger partial charge in [0.15, 0.2) is 0 Å². The van der Waals surface area contributed by atoms with Crippen molar-refractivity contribution < 1.29 is 21.0 Å². The van der Waals surface area contributed by atoms with Crippen LogP contribution in [0.15, 0.2) is 121 Å². The van der Waals surface area contributed by atoms with E-state index < -0.39 is 21.0 Å². The standard InChI is InChI=1S/C21H25.C13H10.C9H13.Hf/c1-20(2,3)16-7-9-18-14(12-16)11-15-13-17(21(4,5)6)8-10-19(15)18;1-3-7-12(8-4-1)11-13-9-5-2-6-10-13;1-9(2,3)8-6-4-5-7-8;/h7-13H,1-6H3;1-10H;4-7H,1-3H3;. The molecule has 2 aliphatic carbocycles. The van der Waals surface area contributed by atoms with Crippen LogP contribution in [0.25, 0.3) is 11.1 Å². The summed E-state index contributed by atoms with van der Waals surface area (Å²) in [5.74, 6) is 0. The first-order valence-corrected chi connectivity index (χ1v) is 22.2. The Bertz CT molecular complexity index is 1670. The van der Waals surface area contributed by atoms with Crippen molar-refractivity contribution in [2.24, 2.45) is 5.41 Å². The molecule has 0 nitrogen and oxygen atoms in total. The third-order valence-electron chi connectivity index (χ3n) is 9.54. The van der Waals surface area contributed by atoms with Crippen LogP contribution in [0.5, 0.6) is 0 Å². The fourth-order valence-electron chi connectivity index (χ4n) is 6.95. The summed E-state index contributed by atoms with van der Waals surface area (Å²) in [5, 5.41) is 0. The van der Waals surface area contributed by atoms with Gasteiger partial charge in [-0.15, -0.1) is 0 Å². The summed E-state index contributed by atoms with van der Waals surface area (Å²) >= 11 is -3.01. The van der Waals surface area contributed by atoms with E-state index in [-0.39, 0.29) is 16.2 Å². The van der Waals surface area contributed by atoms with Crippen molar-refractivity contribution >= 4 is 3.26 Å². The predicted molar refractivity (Wildman–Crippen MR) is 188 cm³/mol. The van der Waals surface area contributed by atoms with E-state index in [2.05, 4.69) is 178 Å². The molecule has 0 spiro atoms. The van der Waals surface area contributed by atoms with Gasteiger partial charge in [0.2, 0.25) is 0 Å². The van der Waals surface area contributed by atoms with Crippen LogP contribution in [0.2, 0.25) is 3.67 Å². The molecule has 0 radical (unpaired) electrons. The first kappa shape index (κ1) is 31.1. The number of hydrogen-bond donors (Lipinski definition) is 0. The maximum absolute atomic E-state index is 3.01. The molecule has 1 heteroatoms. The Morgan fingerprint density at radius 2 is 1.00 bits per heavy atom. The van der Waals surface area contributed by atoms with Crippen LogP contribution in [0, 0.1) is 5.41 Å². The molecule has 0 amide bonds. The maximum atomic E-state index is 2.67. The van der Waals surface area contributed by atoms with Crippen LogP contribution in [-0.2, 0) is 31.8 Å². The Morgan fingerprint density at radius 1 is 0.545 bits per heavy atom. The summed E-state index contributed by atoms with van der Waals surface area (Å²) in [5.41, 5.74) is 13.5. The van der Waals surface area contributed by atoms with Crippen LogP contribution in [0.1, 0.15) is 99.4 Å². The van der Waals surface area contributed by atoms with E-state index in [0.29, 0.717) is 7.35 Å². The van der Waals surface area contributed by atoms with Crippen LogP contribution in [0.4, 0.5) is 0 Å². The second-order valence-electron chi connectivity index (χ2n) is 15.9. The average Bonchev–Trinajstić information content (AvgIpc) is 3.59. The monoisotopic (exact) mass is 744 g/mol. The summed E-state index contributed by atoms with van der Waals surface area (Å²) in [4.78, 5) is 0. The second-order valence-corrected chi connectivity index (χ2v) is 25.4. The van der Waals surface area contributed by atoms with Gasteiger partial charge in [0.1, 0.15) is 0 Å². The molecule has 0 bridgehead atoms. The van der Waals surface area contributed by atoms with Crippen molar-refractivity contribution in [3.63, 3.8) is 0 Å². The normalized spacial score (nSPS) is 16.5. The molecular weight excluding hydrogens is 695 g/mol. The number of allylic oxidation sites excluding steroid dienone is 4. The summed E-state index contributed by atoms with van der Waals surface area (Å²) in [7, 11) is 0. The van der Waals surface area contributed by atoms with Gasteiger partial charge in [-0.3, -0.25) is 0 Å². The van der Waals surface area contributed by atoms with Crippen molar-refractivity contribution in [3.05, 3.63) is 154 Å². The SMILES string of the molecule is CC(C)(C)C1=C[CH]([Hf](=[C](c2ccccc2)c2ccccc2)[CH]2c3cc(C(C)(C)C)ccc3-c3ccc(C(C)(C)C)cc32)C=C1. The Labute approximate surface area is 274 Å². The number of hydrogen-bond acceptors (Lipinski definition) is 0. The first-order valence-electron chi connectivity index (χ1n) is 16.3. The third-order valence-corrected chi connectivity index (χ3v) is 22.0. The fourth-order valence-corrected chi connectivity index (χ4v) is 20.7. The second kappa shape index (κ2) is 11.5. The Hall–Kier alpha value is -2.90. The molecule has 0 N–H and O–H groups in total. The quantitative estimate of drug-likeness (QED) is 0.183. The topological polar surface area (TPSA) is 0 Å². The summed E-state index contributed by atoms with van der Waals surface area (Å²) < 4.78 is 2.55. The molecule has 6 rings (SSSR count). The van der Waals surface area contributed by atoms with E-state index in [0.717, 1.165) is 0 Å². The molecule has 0 aromatic heterocycles. The zero-order valence-electron chi connectivity index (χ0n) is 28.1. The van der Waals surface area contributed by atoms with Crippen molar-refractivity contribution in [3.8, 4) is 11.1 Å². The molecule has 4 aromatic rings. The van der Waals surface area contributed by atoms with Crippen LogP contribution >= 0.6 is 0 Å². The van der Waals surface area contributed by atoms with E-state index in [1.54, 1.807) is 14.4 Å². The van der Waals surface area contributed by atoms with Gasteiger partial charge >= 0.3 is 275 Å². The molecule has 224 valence electrons. The van der Waals surface area contributed by atoms with Crippen molar-refractivity contribution in [2.75, 3.05) is 0 Å². The van der Waals surface area contributed by atoms with Gasteiger partial charge in [0.25, 0.3) is 0 Å². The van der Waals surface area contributed by atoms with E-state index in [4.69, 9.17) is 0 Å². The van der Waals surface area contributed by atoms with Crippen molar-refractivity contribution in [1.82, 2.24) is 0 Å². The van der Waals surface area contributed by atoms with E-state index in [1.165, 1.54) is 39.0 Å². The molecule has 0 aliphatic heterocycles. The molecule has 1 atom stereocenters. The van der Waals surface area contributed by atoms with Gasteiger partial charge < -0.3 is 0 Å². The van der Waals surface area contributed by atoms with Gasteiger partial charge in [0.05, 0.1) is 0 Å². The number of fused-ring (bicyclic) bond motifs is 3. The Morgan fingerprint density at radius 3 is 1.39 bits per heavy atom. The molecule has 0 saturated heterocycles. The molecule has 2 aliphatic rings. The number of rotatable bonds is 4. The number of benzene rings is 4. The minimum absolute atomic E-state index is 0.0915. The molecule has 44 heavy (non-hydrogen) atoms. The first-order chi connectivity index (χ1) is 20.7. The fraction of sp³-hybridized carbons (Fsp3) is 0.326. The molecule has 0 saturated carbocycles. The Balaban J connectivity index is 1.75. The molecule has 4 aromatic carbocycles. The van der Waals surface area contributed by atoms with Crippen LogP contribution < -0.4 is 0 Å². The average molecular weight is 743 g/mol. The van der Waals surface area contributed by atoms with Gasteiger partial charge in [0, 0.05) is 0 Å². The third kappa shape index (κ3) is 5.90. The minimum atomic E-state index is -3.01. The zero-order valence-corrected chi connectivity index (χ0v) is 31.7. The van der Waals surface area contributed by atoms with E-state index >= 15 is 0 Å².